The fourth-order valence-electron chi connectivity index (χ4n) is 2.48. The van der Waals surface area contributed by atoms with Gasteiger partial charge in [-0.3, -0.25) is 0 Å². The molecule has 0 aliphatic carbocycles. The van der Waals surface area contributed by atoms with Crippen molar-refractivity contribution < 1.29 is 19.0 Å². The van der Waals surface area contributed by atoms with Gasteiger partial charge in [0.15, 0.2) is 0 Å². The molecule has 124 valence electrons. The maximum atomic E-state index is 13.4. The van der Waals surface area contributed by atoms with Gasteiger partial charge in [-0.1, -0.05) is 6.07 Å². The lowest BCUT2D eigenvalue weighted by molar-refractivity contribution is 0.169. The normalized spacial score (nSPS) is 12.0. The fourth-order valence-corrected chi connectivity index (χ4v) is 2.48. The van der Waals surface area contributed by atoms with E-state index in [1.165, 1.54) is 12.1 Å². The van der Waals surface area contributed by atoms with E-state index in [1.807, 2.05) is 13.0 Å². The second-order valence-corrected chi connectivity index (χ2v) is 5.39. The summed E-state index contributed by atoms with van der Waals surface area (Å²) in [6.07, 6.45) is -0.755. The quantitative estimate of drug-likeness (QED) is 0.824. The van der Waals surface area contributed by atoms with E-state index in [0.717, 1.165) is 11.1 Å². The zero-order chi connectivity index (χ0) is 16.8. The van der Waals surface area contributed by atoms with E-state index in [-0.39, 0.29) is 5.82 Å². The Morgan fingerprint density at radius 1 is 1.13 bits per heavy atom. The molecule has 0 saturated carbocycles. The van der Waals surface area contributed by atoms with Gasteiger partial charge in [-0.25, -0.2) is 4.39 Å². The zero-order valence-corrected chi connectivity index (χ0v) is 13.6. The Balaban J connectivity index is 2.00. The molecule has 2 aromatic carbocycles. The lowest BCUT2D eigenvalue weighted by Gasteiger charge is -2.16. The highest BCUT2D eigenvalue weighted by molar-refractivity contribution is 5.41. The van der Waals surface area contributed by atoms with Gasteiger partial charge in [-0.05, 0) is 48.4 Å². The molecule has 0 unspecified atom stereocenters. The van der Waals surface area contributed by atoms with E-state index < -0.39 is 6.10 Å². The largest absolute Gasteiger partial charge is 0.497 e. The maximum absolute atomic E-state index is 13.4. The first-order valence-corrected chi connectivity index (χ1v) is 7.40. The van der Waals surface area contributed by atoms with Crippen LogP contribution in [0.2, 0.25) is 0 Å². The minimum absolute atomic E-state index is 0.253. The topological polar surface area (TPSA) is 50.7 Å². The molecule has 0 aliphatic heterocycles. The van der Waals surface area contributed by atoms with Crippen molar-refractivity contribution >= 4 is 0 Å². The lowest BCUT2D eigenvalue weighted by Crippen LogP contribution is -2.21. The highest BCUT2D eigenvalue weighted by atomic mass is 19.1. The molecule has 0 spiro atoms. The average Bonchev–Trinajstić information content (AvgIpc) is 2.53. The molecule has 0 heterocycles. The first-order chi connectivity index (χ1) is 11.0. The smallest absolute Gasteiger partial charge is 0.124 e. The molecule has 0 aliphatic rings. The summed E-state index contributed by atoms with van der Waals surface area (Å²) in [5, 5.41) is 13.5. The van der Waals surface area contributed by atoms with Crippen LogP contribution in [0.1, 0.15) is 22.8 Å². The first kappa shape index (κ1) is 17.2. The fraction of sp³-hybridized carbons (Fsp3) is 0.333. The van der Waals surface area contributed by atoms with Crippen molar-refractivity contribution in [1.82, 2.24) is 5.32 Å². The van der Waals surface area contributed by atoms with Crippen LogP contribution in [0.3, 0.4) is 0 Å². The molecule has 0 fully saturated rings. The number of hydrogen-bond acceptors (Lipinski definition) is 4. The molecule has 1 atom stereocenters. The van der Waals surface area contributed by atoms with Crippen molar-refractivity contribution in [3.05, 3.63) is 58.9 Å². The standard InChI is InChI=1S/C18H22FNO3/c1-12-6-13(8-14(19)7-12)10-20-11-17(21)16-9-15(22-2)4-5-18(16)23-3/h4-9,17,20-21H,10-11H2,1-3H3/t17-/m1/s1. The first-order valence-electron chi connectivity index (χ1n) is 7.40. The number of nitrogens with one attached hydrogen (secondary N) is 1. The van der Waals surface area contributed by atoms with Gasteiger partial charge in [0, 0.05) is 18.7 Å². The highest BCUT2D eigenvalue weighted by Gasteiger charge is 2.14. The van der Waals surface area contributed by atoms with Crippen molar-refractivity contribution in [3.8, 4) is 11.5 Å². The molecule has 0 saturated heterocycles. The average molecular weight is 319 g/mol. The molecular formula is C18H22FNO3. The van der Waals surface area contributed by atoms with Crippen LogP contribution >= 0.6 is 0 Å². The number of ether oxygens (including phenoxy) is 2. The third-order valence-corrected chi connectivity index (χ3v) is 3.56. The second kappa shape index (κ2) is 7.94. The van der Waals surface area contributed by atoms with Crippen molar-refractivity contribution in [2.45, 2.75) is 19.6 Å². The summed E-state index contributed by atoms with van der Waals surface area (Å²) in [7, 11) is 3.13. The molecule has 0 amide bonds. The second-order valence-electron chi connectivity index (χ2n) is 5.39. The zero-order valence-electron chi connectivity index (χ0n) is 13.6. The number of aliphatic hydroxyl groups excluding tert-OH is 1. The summed E-state index contributed by atoms with van der Waals surface area (Å²) >= 11 is 0. The number of benzene rings is 2. The number of rotatable bonds is 7. The minimum atomic E-state index is -0.755. The molecule has 2 N–H and O–H groups in total. The van der Waals surface area contributed by atoms with Crippen LogP contribution in [0.4, 0.5) is 4.39 Å². The van der Waals surface area contributed by atoms with E-state index in [9.17, 15) is 9.50 Å². The molecule has 0 radical (unpaired) electrons. The summed E-state index contributed by atoms with van der Waals surface area (Å²) in [5.41, 5.74) is 2.36. The molecule has 2 rings (SSSR count). The van der Waals surface area contributed by atoms with Crippen LogP contribution in [0.15, 0.2) is 36.4 Å². The summed E-state index contributed by atoms with van der Waals surface area (Å²) in [6, 6.07) is 10.2. The molecule has 2 aromatic rings. The highest BCUT2D eigenvalue weighted by Crippen LogP contribution is 2.29. The van der Waals surface area contributed by atoms with Crippen LogP contribution < -0.4 is 14.8 Å². The van der Waals surface area contributed by atoms with Gasteiger partial charge < -0.3 is 19.9 Å². The molecule has 5 heteroatoms. The number of methoxy groups -OCH3 is 2. The molecule has 23 heavy (non-hydrogen) atoms. The molecular weight excluding hydrogens is 297 g/mol. The molecule has 0 aromatic heterocycles. The van der Waals surface area contributed by atoms with E-state index >= 15 is 0 Å². The van der Waals surface area contributed by atoms with E-state index in [4.69, 9.17) is 9.47 Å². The van der Waals surface area contributed by atoms with Crippen LogP contribution in [0.25, 0.3) is 0 Å². The van der Waals surface area contributed by atoms with Gasteiger partial charge >= 0.3 is 0 Å². The van der Waals surface area contributed by atoms with Gasteiger partial charge in [0.1, 0.15) is 17.3 Å². The molecule has 4 nitrogen and oxygen atoms in total. The van der Waals surface area contributed by atoms with Crippen molar-refractivity contribution in [3.63, 3.8) is 0 Å². The number of halogens is 1. The number of aliphatic hydroxyl groups is 1. The third kappa shape index (κ3) is 4.68. The summed E-state index contributed by atoms with van der Waals surface area (Å²) in [5.74, 6) is 0.999. The Hall–Kier alpha value is -2.11. The Bertz CT molecular complexity index is 640. The third-order valence-electron chi connectivity index (χ3n) is 3.56. The van der Waals surface area contributed by atoms with Gasteiger partial charge in [-0.2, -0.15) is 0 Å². The Morgan fingerprint density at radius 3 is 2.57 bits per heavy atom. The predicted octanol–water partition coefficient (Wildman–Crippen LogP) is 2.97. The van der Waals surface area contributed by atoms with Crippen LogP contribution in [-0.2, 0) is 6.54 Å². The molecule has 0 bridgehead atoms. The Kier molecular flexibility index (Phi) is 5.96. The Labute approximate surface area is 135 Å². The van der Waals surface area contributed by atoms with Crippen LogP contribution in [0.5, 0.6) is 11.5 Å². The van der Waals surface area contributed by atoms with Crippen molar-refractivity contribution in [2.24, 2.45) is 0 Å². The SMILES string of the molecule is COc1ccc(OC)c([C@H](O)CNCc2cc(C)cc(F)c2)c1. The van der Waals surface area contributed by atoms with Crippen LogP contribution in [-0.4, -0.2) is 25.9 Å². The number of hydrogen-bond donors (Lipinski definition) is 2. The van der Waals surface area contributed by atoms with E-state index in [2.05, 4.69) is 5.32 Å². The minimum Gasteiger partial charge on any atom is -0.497 e. The summed E-state index contributed by atoms with van der Waals surface area (Å²) < 4.78 is 23.8. The summed E-state index contributed by atoms with van der Waals surface area (Å²) in [4.78, 5) is 0. The Morgan fingerprint density at radius 2 is 1.91 bits per heavy atom. The van der Waals surface area contributed by atoms with Gasteiger partial charge in [-0.15, -0.1) is 0 Å². The predicted molar refractivity (Wildman–Crippen MR) is 87.3 cm³/mol. The lowest BCUT2D eigenvalue weighted by atomic mass is 10.1. The van der Waals surface area contributed by atoms with Gasteiger partial charge in [0.2, 0.25) is 0 Å². The van der Waals surface area contributed by atoms with Crippen LogP contribution in [0, 0.1) is 12.7 Å². The maximum Gasteiger partial charge on any atom is 0.124 e. The number of aryl methyl sites for hydroxylation is 1. The van der Waals surface area contributed by atoms with Gasteiger partial charge in [0.05, 0.1) is 20.3 Å². The van der Waals surface area contributed by atoms with Gasteiger partial charge in [0.25, 0.3) is 0 Å². The monoisotopic (exact) mass is 319 g/mol. The van der Waals surface area contributed by atoms with E-state index in [1.54, 1.807) is 32.4 Å². The van der Waals surface area contributed by atoms with Crippen molar-refractivity contribution in [2.75, 3.05) is 20.8 Å². The summed E-state index contributed by atoms with van der Waals surface area (Å²) in [6.45, 7) is 2.64. The van der Waals surface area contributed by atoms with Crippen molar-refractivity contribution in [1.29, 1.82) is 0 Å². The van der Waals surface area contributed by atoms with E-state index in [0.29, 0.717) is 30.2 Å².